The van der Waals surface area contributed by atoms with E-state index in [1.165, 1.54) is 16.7 Å². The van der Waals surface area contributed by atoms with Gasteiger partial charge in [0.05, 0.1) is 12.9 Å². The number of aryl methyl sites for hydroxylation is 1. The van der Waals surface area contributed by atoms with Gasteiger partial charge in [-0.1, -0.05) is 30.3 Å². The second kappa shape index (κ2) is 9.53. The summed E-state index contributed by atoms with van der Waals surface area (Å²) in [5.41, 5.74) is 5.71. The van der Waals surface area contributed by atoms with Crippen molar-refractivity contribution in [3.8, 4) is 5.75 Å². The van der Waals surface area contributed by atoms with Gasteiger partial charge in [0.1, 0.15) is 11.9 Å². The summed E-state index contributed by atoms with van der Waals surface area (Å²) in [6, 6.07) is 16.5. The summed E-state index contributed by atoms with van der Waals surface area (Å²) in [4.78, 5) is 16.8. The van der Waals surface area contributed by atoms with Crippen molar-refractivity contribution in [2.45, 2.75) is 44.8 Å². The molecule has 0 radical (unpaired) electrons. The minimum absolute atomic E-state index is 0.150. The van der Waals surface area contributed by atoms with Crippen LogP contribution in [0.5, 0.6) is 5.75 Å². The van der Waals surface area contributed by atoms with Crippen molar-refractivity contribution in [3.63, 3.8) is 0 Å². The maximum absolute atomic E-state index is 12.6. The Balaban J connectivity index is 1.50. The van der Waals surface area contributed by atoms with Crippen molar-refractivity contribution < 1.29 is 9.53 Å². The van der Waals surface area contributed by atoms with Crippen LogP contribution >= 0.6 is 11.3 Å². The maximum atomic E-state index is 12.6. The fraction of sp³-hybridized carbons (Fsp3) is 0.259. The zero-order chi connectivity index (χ0) is 21.8. The molecule has 0 spiro atoms. The highest BCUT2D eigenvalue weighted by Crippen LogP contribution is 2.35. The molecule has 2 aromatic heterocycles. The average Bonchev–Trinajstić information content (AvgIpc) is 3.53. The topological polar surface area (TPSA) is 44.1 Å². The minimum atomic E-state index is -0.150. The predicted octanol–water partition coefficient (Wildman–Crippen LogP) is 6.07. The van der Waals surface area contributed by atoms with E-state index in [0.29, 0.717) is 13.0 Å². The predicted molar refractivity (Wildman–Crippen MR) is 127 cm³/mol. The number of carbonyl (C=O) groups is 1. The quantitative estimate of drug-likeness (QED) is 0.333. The second-order valence-corrected chi connectivity index (χ2v) is 9.03. The first-order valence-corrected chi connectivity index (χ1v) is 12.1. The van der Waals surface area contributed by atoms with Crippen LogP contribution in [0.1, 0.15) is 51.6 Å². The highest BCUT2D eigenvalue weighted by molar-refractivity contribution is 7.07. The molecule has 0 N–H and O–H groups in total. The van der Waals surface area contributed by atoms with Crippen molar-refractivity contribution in [2.24, 2.45) is 0 Å². The molecule has 0 saturated carbocycles. The Bertz CT molecular complexity index is 1170. The number of thiophene rings is 1. The van der Waals surface area contributed by atoms with Crippen LogP contribution < -0.4 is 4.74 Å². The van der Waals surface area contributed by atoms with Gasteiger partial charge in [0.25, 0.3) is 0 Å². The van der Waals surface area contributed by atoms with E-state index in [1.807, 2.05) is 47.4 Å². The number of ether oxygens (including phenoxy) is 1. The van der Waals surface area contributed by atoms with Crippen LogP contribution in [0.3, 0.4) is 0 Å². The molecular weight excluding hydrogens is 416 g/mol. The fourth-order valence-corrected chi connectivity index (χ4v) is 5.19. The summed E-state index contributed by atoms with van der Waals surface area (Å²) in [6.07, 6.45) is 9.74. The highest BCUT2D eigenvalue weighted by Gasteiger charge is 2.24. The van der Waals surface area contributed by atoms with Crippen LogP contribution in [0.2, 0.25) is 0 Å². The molecule has 5 heteroatoms. The normalized spacial score (nSPS) is 14.2. The monoisotopic (exact) mass is 442 g/mol. The fourth-order valence-electron chi connectivity index (χ4n) is 4.49. The number of ketones is 1. The van der Waals surface area contributed by atoms with E-state index < -0.39 is 0 Å². The summed E-state index contributed by atoms with van der Waals surface area (Å²) in [7, 11) is 0. The van der Waals surface area contributed by atoms with E-state index in [4.69, 9.17) is 4.74 Å². The number of hydrogen-bond acceptors (Lipinski definition) is 4. The molecule has 162 valence electrons. The lowest BCUT2D eigenvalue weighted by Gasteiger charge is -2.26. The molecule has 0 amide bonds. The second-order valence-electron chi connectivity index (χ2n) is 8.25. The molecule has 4 aromatic rings. The Kier molecular flexibility index (Phi) is 6.17. The molecule has 0 aliphatic heterocycles. The van der Waals surface area contributed by atoms with Gasteiger partial charge in [0.2, 0.25) is 0 Å². The van der Waals surface area contributed by atoms with Crippen LogP contribution in [0.25, 0.3) is 0 Å². The molecule has 5 rings (SSSR count). The van der Waals surface area contributed by atoms with E-state index in [-0.39, 0.29) is 11.9 Å². The molecule has 0 bridgehead atoms. The van der Waals surface area contributed by atoms with Gasteiger partial charge in [-0.3, -0.25) is 4.79 Å². The molecule has 1 atom stereocenters. The van der Waals surface area contributed by atoms with Crippen LogP contribution in [-0.4, -0.2) is 15.3 Å². The first-order valence-electron chi connectivity index (χ1n) is 11.1. The number of carbonyl (C=O) groups excluding carboxylic acids is 1. The molecule has 0 fully saturated rings. The van der Waals surface area contributed by atoms with Crippen molar-refractivity contribution in [3.05, 3.63) is 106 Å². The third-order valence-corrected chi connectivity index (χ3v) is 6.87. The number of imidazole rings is 1. The first kappa shape index (κ1) is 20.7. The van der Waals surface area contributed by atoms with Crippen LogP contribution in [0.4, 0.5) is 0 Å². The molecule has 0 saturated heterocycles. The molecular formula is C27H26N2O2S. The van der Waals surface area contributed by atoms with Gasteiger partial charge in [-0.15, -0.1) is 0 Å². The lowest BCUT2D eigenvalue weighted by Crippen LogP contribution is -2.18. The molecule has 1 aliphatic rings. The van der Waals surface area contributed by atoms with Gasteiger partial charge in [-0.05, 0) is 76.9 Å². The number of nitrogens with zero attached hydrogens (tertiary/aromatic N) is 2. The maximum Gasteiger partial charge on any atom is 0.163 e. The lowest BCUT2D eigenvalue weighted by atomic mass is 9.85. The van der Waals surface area contributed by atoms with Gasteiger partial charge < -0.3 is 9.30 Å². The van der Waals surface area contributed by atoms with Crippen molar-refractivity contribution >= 4 is 17.1 Å². The number of hydrogen-bond donors (Lipinski definition) is 0. The Morgan fingerprint density at radius 3 is 2.75 bits per heavy atom. The standard InChI is InChI=1S/C27H26N2O2S/c30-25-8-4-7-22-23(25)11-12-26(24(22)10-9-20-13-16-32-18-20)31-27(17-29-15-14-28-19-29)21-5-2-1-3-6-21/h1-3,5-6,11-16,18-19,27H,4,7-10,17H2/t27-/m1/s1. The SMILES string of the molecule is O=C1CCCc2c1ccc(O[C@H](Cn1ccnc1)c1ccccc1)c2CCc1ccsc1. The molecule has 2 heterocycles. The Labute approximate surface area is 192 Å². The molecule has 4 nitrogen and oxygen atoms in total. The van der Waals surface area contributed by atoms with E-state index >= 15 is 0 Å². The van der Waals surface area contributed by atoms with E-state index in [0.717, 1.165) is 42.6 Å². The van der Waals surface area contributed by atoms with Crippen LogP contribution in [0.15, 0.2) is 78.0 Å². The van der Waals surface area contributed by atoms with Gasteiger partial charge in [-0.2, -0.15) is 11.3 Å². The van der Waals surface area contributed by atoms with Gasteiger partial charge in [0, 0.05) is 24.4 Å². The molecule has 1 aliphatic carbocycles. The van der Waals surface area contributed by atoms with Gasteiger partial charge in [0.15, 0.2) is 5.78 Å². The van der Waals surface area contributed by atoms with Gasteiger partial charge in [-0.25, -0.2) is 4.98 Å². The molecule has 0 unspecified atom stereocenters. The van der Waals surface area contributed by atoms with E-state index in [2.05, 4.69) is 33.9 Å². The van der Waals surface area contributed by atoms with E-state index in [1.54, 1.807) is 17.5 Å². The number of rotatable bonds is 8. The molecule has 32 heavy (non-hydrogen) atoms. The first-order chi connectivity index (χ1) is 15.8. The number of Topliss-reactive ketones (excluding diaryl/α,β-unsaturated/α-hetero) is 1. The minimum Gasteiger partial charge on any atom is -0.484 e. The Morgan fingerprint density at radius 2 is 1.97 bits per heavy atom. The van der Waals surface area contributed by atoms with Crippen molar-refractivity contribution in [1.29, 1.82) is 0 Å². The third kappa shape index (κ3) is 4.53. The largest absolute Gasteiger partial charge is 0.484 e. The zero-order valence-electron chi connectivity index (χ0n) is 17.9. The van der Waals surface area contributed by atoms with Crippen LogP contribution in [-0.2, 0) is 25.8 Å². The van der Waals surface area contributed by atoms with Crippen molar-refractivity contribution in [1.82, 2.24) is 9.55 Å². The van der Waals surface area contributed by atoms with Crippen molar-refractivity contribution in [2.75, 3.05) is 0 Å². The lowest BCUT2D eigenvalue weighted by molar-refractivity contribution is 0.0972. The van der Waals surface area contributed by atoms with Crippen LogP contribution in [0, 0.1) is 0 Å². The highest BCUT2D eigenvalue weighted by atomic mass is 32.1. The summed E-state index contributed by atoms with van der Waals surface area (Å²) < 4.78 is 8.77. The number of fused-ring (bicyclic) bond motifs is 1. The van der Waals surface area contributed by atoms with Gasteiger partial charge >= 0.3 is 0 Å². The smallest absolute Gasteiger partial charge is 0.163 e. The number of benzene rings is 2. The molecule has 2 aromatic carbocycles. The Morgan fingerprint density at radius 1 is 1.06 bits per heavy atom. The summed E-state index contributed by atoms with van der Waals surface area (Å²) in [5, 5.41) is 4.32. The zero-order valence-corrected chi connectivity index (χ0v) is 18.8. The number of aromatic nitrogens is 2. The average molecular weight is 443 g/mol. The third-order valence-electron chi connectivity index (χ3n) is 6.14. The Hall–Kier alpha value is -3.18. The summed E-state index contributed by atoms with van der Waals surface area (Å²) in [6.45, 7) is 0.671. The summed E-state index contributed by atoms with van der Waals surface area (Å²) in [5.74, 6) is 1.15. The van der Waals surface area contributed by atoms with E-state index in [9.17, 15) is 4.79 Å². The summed E-state index contributed by atoms with van der Waals surface area (Å²) >= 11 is 1.72.